The van der Waals surface area contributed by atoms with E-state index in [0.29, 0.717) is 21.2 Å². The van der Waals surface area contributed by atoms with E-state index in [-0.39, 0.29) is 60.5 Å². The van der Waals surface area contributed by atoms with Crippen molar-refractivity contribution in [2.45, 2.75) is 38.9 Å². The molecule has 0 saturated carbocycles. The molecule has 384 valence electrons. The molecule has 0 radical (unpaired) electrons. The van der Waals surface area contributed by atoms with Crippen molar-refractivity contribution in [2.24, 2.45) is 11.8 Å². The van der Waals surface area contributed by atoms with Crippen LogP contribution in [0.1, 0.15) is 48.3 Å². The summed E-state index contributed by atoms with van der Waals surface area (Å²) in [7, 11) is 0. The third kappa shape index (κ3) is 13.9. The largest absolute Gasteiger partial charge is 0.477 e. The van der Waals surface area contributed by atoms with Gasteiger partial charge in [-0.25, -0.2) is 19.6 Å². The molecule has 2 N–H and O–H groups in total. The number of pyridine rings is 2. The third-order valence-corrected chi connectivity index (χ3v) is 12.1. The first kappa shape index (κ1) is 52.6. The molecule has 0 aliphatic carbocycles. The van der Waals surface area contributed by atoms with Gasteiger partial charge in [0, 0.05) is 56.8 Å². The van der Waals surface area contributed by atoms with E-state index in [1.54, 1.807) is 86.6 Å². The van der Waals surface area contributed by atoms with Crippen molar-refractivity contribution in [2.75, 3.05) is 23.8 Å². The highest BCUT2D eigenvalue weighted by atomic mass is 35.5. The molecule has 8 rings (SSSR count). The van der Waals surface area contributed by atoms with Gasteiger partial charge >= 0.3 is 24.1 Å². The van der Waals surface area contributed by atoms with Gasteiger partial charge in [0.15, 0.2) is 11.5 Å². The van der Waals surface area contributed by atoms with Crippen LogP contribution in [-0.4, -0.2) is 57.6 Å². The SMILES string of the molecule is CC(OC(=O)Nc1c(F)noc1-c1ccc(OCC(Cc2ccccc2)C(=O)OC(=O)C(COc2ccc(-c3onc(F)c3NC(=O)OC(C)c3ccccc3Cl)cn2)Cc2ccccc2)nc1)c1ccccc1Cl. The van der Waals surface area contributed by atoms with E-state index in [2.05, 4.69) is 30.9 Å². The maximum atomic E-state index is 14.8. The smallest absolute Gasteiger partial charge is 0.412 e. The quantitative estimate of drug-likeness (QED) is 0.0412. The summed E-state index contributed by atoms with van der Waals surface area (Å²) in [5.74, 6) is -6.23. The fourth-order valence-corrected chi connectivity index (χ4v) is 8.11. The van der Waals surface area contributed by atoms with Gasteiger partial charge in [-0.15, -0.1) is 0 Å². The van der Waals surface area contributed by atoms with Gasteiger partial charge in [0.2, 0.25) is 11.8 Å². The van der Waals surface area contributed by atoms with Crippen LogP contribution in [-0.2, 0) is 36.6 Å². The summed E-state index contributed by atoms with van der Waals surface area (Å²) in [5.41, 5.74) is 2.23. The van der Waals surface area contributed by atoms with E-state index in [4.69, 9.17) is 55.9 Å². The van der Waals surface area contributed by atoms with E-state index in [1.807, 2.05) is 36.4 Å². The molecule has 0 saturated heterocycles. The number of amides is 2. The highest BCUT2D eigenvalue weighted by molar-refractivity contribution is 6.31. The molecule has 0 spiro atoms. The third-order valence-electron chi connectivity index (χ3n) is 11.4. The Kier molecular flexibility index (Phi) is 17.4. The number of hydrogen-bond donors (Lipinski definition) is 2. The number of hydrogen-bond acceptors (Lipinski definition) is 15. The molecule has 0 aliphatic heterocycles. The van der Waals surface area contributed by atoms with Gasteiger partial charge in [0.05, 0.1) is 11.8 Å². The maximum Gasteiger partial charge on any atom is 0.412 e. The van der Waals surface area contributed by atoms with E-state index in [1.165, 1.54) is 36.7 Å². The Labute approximate surface area is 437 Å². The summed E-state index contributed by atoms with van der Waals surface area (Å²) in [4.78, 5) is 62.1. The predicted octanol–water partition coefficient (Wildman–Crippen LogP) is 12.2. The molecule has 0 aliphatic rings. The number of carbonyl (C=O) groups excluding carboxylic acids is 4. The van der Waals surface area contributed by atoms with Gasteiger partial charge in [-0.1, -0.05) is 120 Å². The number of ether oxygens (including phenoxy) is 5. The number of carbonyl (C=O) groups is 4. The van der Waals surface area contributed by atoms with Crippen LogP contribution < -0.4 is 20.1 Å². The lowest BCUT2D eigenvalue weighted by molar-refractivity contribution is -0.166. The zero-order chi connectivity index (χ0) is 52.8. The van der Waals surface area contributed by atoms with Gasteiger partial charge in [-0.3, -0.25) is 20.2 Å². The Hall–Kier alpha value is -8.68. The summed E-state index contributed by atoms with van der Waals surface area (Å²) in [5, 5.41) is 12.1. The molecule has 4 aromatic heterocycles. The molecule has 0 fully saturated rings. The lowest BCUT2D eigenvalue weighted by Gasteiger charge is -2.19. The second kappa shape index (κ2) is 24.8. The molecule has 2 amide bonds. The number of esters is 2. The van der Waals surface area contributed by atoms with Crippen molar-refractivity contribution < 1.29 is 60.7 Å². The molecule has 4 atom stereocenters. The molecule has 17 nitrogen and oxygen atoms in total. The Morgan fingerprint density at radius 3 is 1.31 bits per heavy atom. The van der Waals surface area contributed by atoms with Crippen LogP contribution in [0.5, 0.6) is 11.8 Å². The molecule has 4 heterocycles. The number of anilines is 2. The van der Waals surface area contributed by atoms with E-state index < -0.39 is 71.4 Å². The van der Waals surface area contributed by atoms with Crippen LogP contribution in [0.3, 0.4) is 0 Å². The minimum atomic E-state index is -1.11. The second-order valence-electron chi connectivity index (χ2n) is 16.6. The van der Waals surface area contributed by atoms with Crippen molar-refractivity contribution in [3.8, 4) is 34.4 Å². The number of benzene rings is 4. The van der Waals surface area contributed by atoms with E-state index in [0.717, 1.165) is 11.1 Å². The average Bonchev–Trinajstić information content (AvgIpc) is 3.96. The summed E-state index contributed by atoms with van der Waals surface area (Å²) < 4.78 is 68.3. The minimum Gasteiger partial charge on any atom is -0.477 e. The topological polar surface area (TPSA) is 216 Å². The Morgan fingerprint density at radius 1 is 0.547 bits per heavy atom. The first-order chi connectivity index (χ1) is 36.3. The standard InChI is InChI=1S/C54H44Cl2F2N6O11/c1-31(39-17-9-11-19-41(39)55)71-53(67)61-45-47(74-63-49(45)57)35-21-23-43(59-27-35)69-29-37(25-33-13-5-3-6-14-33)51(65)73-52(66)38(26-34-15-7-4-8-16-34)30-70-44-24-22-36(28-60-44)48-46(50(58)64-75-48)62-54(68)72-32(2)40-18-10-12-20-42(40)56/h3-24,27-28,31-32,37-38H,25-26,29-30H2,1-2H3,(H,61,67)(H,62,68). The zero-order valence-electron chi connectivity index (χ0n) is 39.8. The summed E-state index contributed by atoms with van der Waals surface area (Å²) in [6.45, 7) is 2.65. The summed E-state index contributed by atoms with van der Waals surface area (Å²) in [6, 6.07) is 37.5. The van der Waals surface area contributed by atoms with E-state index >= 15 is 0 Å². The van der Waals surface area contributed by atoms with Crippen molar-refractivity contribution in [3.63, 3.8) is 0 Å². The average molecular weight is 1060 g/mol. The first-order valence-corrected chi connectivity index (χ1v) is 23.8. The highest BCUT2D eigenvalue weighted by Gasteiger charge is 2.31. The van der Waals surface area contributed by atoms with Crippen LogP contribution >= 0.6 is 23.2 Å². The van der Waals surface area contributed by atoms with Gasteiger partial charge in [-0.2, -0.15) is 8.78 Å². The van der Waals surface area contributed by atoms with Crippen molar-refractivity contribution in [1.82, 2.24) is 20.3 Å². The fourth-order valence-electron chi connectivity index (χ4n) is 7.53. The molecule has 75 heavy (non-hydrogen) atoms. The van der Waals surface area contributed by atoms with Gasteiger partial charge < -0.3 is 32.7 Å². The maximum absolute atomic E-state index is 14.8. The lowest BCUT2D eigenvalue weighted by Crippen LogP contribution is -2.33. The Bertz CT molecular complexity index is 3030. The monoisotopic (exact) mass is 1060 g/mol. The van der Waals surface area contributed by atoms with Crippen molar-refractivity contribution in [3.05, 3.63) is 190 Å². The van der Waals surface area contributed by atoms with Crippen LogP contribution in [0.15, 0.2) is 155 Å². The first-order valence-electron chi connectivity index (χ1n) is 23.1. The fraction of sp³-hybridized carbons (Fsp3) is 0.185. The van der Waals surface area contributed by atoms with Crippen LogP contribution in [0, 0.1) is 23.7 Å². The van der Waals surface area contributed by atoms with Crippen LogP contribution in [0.4, 0.5) is 29.7 Å². The Morgan fingerprint density at radius 2 is 0.933 bits per heavy atom. The Balaban J connectivity index is 0.908. The number of rotatable bonds is 20. The van der Waals surface area contributed by atoms with Crippen molar-refractivity contribution in [1.29, 1.82) is 0 Å². The highest BCUT2D eigenvalue weighted by Crippen LogP contribution is 2.34. The second-order valence-corrected chi connectivity index (χ2v) is 17.5. The lowest BCUT2D eigenvalue weighted by atomic mass is 9.99. The molecule has 4 unspecified atom stereocenters. The summed E-state index contributed by atoms with van der Waals surface area (Å²) >= 11 is 12.5. The van der Waals surface area contributed by atoms with Crippen LogP contribution in [0.25, 0.3) is 22.6 Å². The molecule has 21 heteroatoms. The minimum absolute atomic E-state index is 0.0509. The van der Waals surface area contributed by atoms with Gasteiger partial charge in [-0.05, 0) is 72.4 Å². The van der Waals surface area contributed by atoms with E-state index in [9.17, 15) is 28.0 Å². The molecule has 8 aromatic rings. The summed E-state index contributed by atoms with van der Waals surface area (Å²) in [6.07, 6.45) is -0.724. The molecule has 4 aromatic carbocycles. The van der Waals surface area contributed by atoms with Crippen molar-refractivity contribution >= 4 is 58.7 Å². The number of nitrogens with one attached hydrogen (secondary N) is 2. The van der Waals surface area contributed by atoms with Crippen LogP contribution in [0.2, 0.25) is 10.0 Å². The molecular weight excluding hydrogens is 1020 g/mol. The molecular formula is C54H44Cl2F2N6O11. The number of nitrogens with zero attached hydrogens (tertiary/aromatic N) is 4. The predicted molar refractivity (Wildman–Crippen MR) is 269 cm³/mol. The molecule has 0 bridgehead atoms. The number of aromatic nitrogens is 4. The van der Waals surface area contributed by atoms with Gasteiger partial charge in [0.1, 0.15) is 36.8 Å². The normalized spacial score (nSPS) is 12.6. The number of halogens is 4. The zero-order valence-corrected chi connectivity index (χ0v) is 41.3. The van der Waals surface area contributed by atoms with Gasteiger partial charge in [0.25, 0.3) is 11.9 Å².